The number of nitrogens with zero attached hydrogens (tertiary/aromatic N) is 3. The molecule has 0 atom stereocenters. The molecule has 1 aromatic carbocycles. The zero-order valence-corrected chi connectivity index (χ0v) is 13.4. The molecule has 1 aromatic heterocycles. The maximum Gasteiger partial charge on any atom is 0.245 e. The highest BCUT2D eigenvalue weighted by Gasteiger charge is 2.32. The summed E-state index contributed by atoms with van der Waals surface area (Å²) in [5.74, 6) is -1.48. The molecule has 128 valence electrons. The second kappa shape index (κ2) is 6.78. The van der Waals surface area contributed by atoms with Crippen molar-refractivity contribution in [1.29, 1.82) is 0 Å². The number of hydrogen-bond acceptors (Lipinski definition) is 5. The number of hydrogen-bond donors (Lipinski definition) is 0. The third-order valence-corrected chi connectivity index (χ3v) is 5.69. The van der Waals surface area contributed by atoms with E-state index in [1.807, 2.05) is 0 Å². The summed E-state index contributed by atoms with van der Waals surface area (Å²) >= 11 is 0. The van der Waals surface area contributed by atoms with E-state index in [0.29, 0.717) is 24.8 Å². The molecule has 24 heavy (non-hydrogen) atoms. The third-order valence-electron chi connectivity index (χ3n) is 3.75. The quantitative estimate of drug-likeness (QED) is 0.839. The van der Waals surface area contributed by atoms with E-state index in [4.69, 9.17) is 4.74 Å². The van der Waals surface area contributed by atoms with Crippen molar-refractivity contribution in [3.63, 3.8) is 0 Å². The van der Waals surface area contributed by atoms with Crippen LogP contribution in [0.3, 0.4) is 0 Å². The molecule has 3 rings (SSSR count). The fourth-order valence-electron chi connectivity index (χ4n) is 2.53. The number of piperidine rings is 1. The highest BCUT2D eigenvalue weighted by Crippen LogP contribution is 2.25. The van der Waals surface area contributed by atoms with Gasteiger partial charge in [-0.15, -0.1) is 0 Å². The van der Waals surface area contributed by atoms with E-state index < -0.39 is 26.6 Å². The van der Waals surface area contributed by atoms with Crippen molar-refractivity contribution >= 4 is 10.0 Å². The molecule has 0 spiro atoms. The van der Waals surface area contributed by atoms with Gasteiger partial charge < -0.3 is 4.74 Å². The number of aromatic nitrogens is 2. The molecule has 1 saturated heterocycles. The third kappa shape index (κ3) is 3.51. The van der Waals surface area contributed by atoms with E-state index in [-0.39, 0.29) is 19.2 Å². The Bertz CT molecular complexity index is 810. The maximum atomic E-state index is 13.8. The normalized spacial score (nSPS) is 16.9. The number of sulfonamides is 1. The van der Waals surface area contributed by atoms with Gasteiger partial charge in [0.1, 0.15) is 29.0 Å². The lowest BCUT2D eigenvalue weighted by molar-refractivity contribution is 0.129. The molecule has 6 nitrogen and oxygen atoms in total. The SMILES string of the molecule is O=S(=O)(c1ccc(F)cc1F)N1CCC(Oc2ccncn2)CC1. The van der Waals surface area contributed by atoms with Crippen molar-refractivity contribution in [2.75, 3.05) is 13.1 Å². The molecule has 0 bridgehead atoms. The van der Waals surface area contributed by atoms with Gasteiger partial charge in [0.25, 0.3) is 0 Å². The first-order valence-electron chi connectivity index (χ1n) is 7.35. The van der Waals surface area contributed by atoms with Crippen molar-refractivity contribution < 1.29 is 21.9 Å². The van der Waals surface area contributed by atoms with Crippen molar-refractivity contribution in [1.82, 2.24) is 14.3 Å². The first-order chi connectivity index (χ1) is 11.5. The Labute approximate surface area is 138 Å². The van der Waals surface area contributed by atoms with Gasteiger partial charge in [0.15, 0.2) is 0 Å². The molecule has 0 unspecified atom stereocenters. The highest BCUT2D eigenvalue weighted by atomic mass is 32.2. The van der Waals surface area contributed by atoms with Crippen molar-refractivity contribution in [3.05, 3.63) is 48.4 Å². The van der Waals surface area contributed by atoms with E-state index >= 15 is 0 Å². The minimum atomic E-state index is -4.00. The largest absolute Gasteiger partial charge is 0.474 e. The van der Waals surface area contributed by atoms with Gasteiger partial charge in [-0.3, -0.25) is 0 Å². The number of halogens is 2. The van der Waals surface area contributed by atoms with Crippen LogP contribution in [0.5, 0.6) is 5.88 Å². The van der Waals surface area contributed by atoms with Gasteiger partial charge in [-0.05, 0) is 25.0 Å². The topological polar surface area (TPSA) is 72.4 Å². The molecule has 2 heterocycles. The van der Waals surface area contributed by atoms with Crippen LogP contribution >= 0.6 is 0 Å². The van der Waals surface area contributed by atoms with Gasteiger partial charge >= 0.3 is 0 Å². The van der Waals surface area contributed by atoms with Crippen molar-refractivity contribution in [2.45, 2.75) is 23.8 Å². The van der Waals surface area contributed by atoms with Gasteiger partial charge in [-0.2, -0.15) is 4.31 Å². The summed E-state index contributed by atoms with van der Waals surface area (Å²) in [6.07, 6.45) is 3.65. The Morgan fingerprint density at radius 2 is 1.92 bits per heavy atom. The molecule has 1 fully saturated rings. The Hall–Kier alpha value is -2.13. The zero-order valence-electron chi connectivity index (χ0n) is 12.6. The molecule has 1 aliphatic heterocycles. The van der Waals surface area contributed by atoms with Crippen LogP contribution < -0.4 is 4.74 Å². The molecular weight excluding hydrogens is 340 g/mol. The van der Waals surface area contributed by atoms with Gasteiger partial charge in [0.05, 0.1) is 0 Å². The fourth-order valence-corrected chi connectivity index (χ4v) is 4.05. The van der Waals surface area contributed by atoms with Crippen molar-refractivity contribution in [3.8, 4) is 5.88 Å². The lowest BCUT2D eigenvalue weighted by atomic mass is 10.1. The van der Waals surface area contributed by atoms with Crippen LogP contribution in [0.1, 0.15) is 12.8 Å². The molecule has 2 aromatic rings. The monoisotopic (exact) mass is 355 g/mol. The van der Waals surface area contributed by atoms with Gasteiger partial charge in [0, 0.05) is 31.4 Å². The molecule has 0 saturated carbocycles. The van der Waals surface area contributed by atoms with Crippen LogP contribution in [0, 0.1) is 11.6 Å². The summed E-state index contributed by atoms with van der Waals surface area (Å²) in [7, 11) is -4.00. The van der Waals surface area contributed by atoms with Crippen LogP contribution in [-0.4, -0.2) is 41.9 Å². The summed E-state index contributed by atoms with van der Waals surface area (Å²) in [6, 6.07) is 4.07. The molecule has 1 aliphatic rings. The first-order valence-corrected chi connectivity index (χ1v) is 8.79. The minimum absolute atomic E-state index is 0.176. The Balaban J connectivity index is 1.67. The average Bonchev–Trinajstić information content (AvgIpc) is 2.56. The average molecular weight is 355 g/mol. The molecule has 0 amide bonds. The Morgan fingerprint density at radius 3 is 2.54 bits per heavy atom. The summed E-state index contributed by atoms with van der Waals surface area (Å²) in [5.41, 5.74) is 0. The summed E-state index contributed by atoms with van der Waals surface area (Å²) in [5, 5.41) is 0. The predicted octanol–water partition coefficient (Wildman–Crippen LogP) is 1.99. The second-order valence-corrected chi connectivity index (χ2v) is 7.25. The van der Waals surface area contributed by atoms with Crippen LogP contribution in [0.2, 0.25) is 0 Å². The number of benzene rings is 1. The zero-order chi connectivity index (χ0) is 17.2. The van der Waals surface area contributed by atoms with Gasteiger partial charge in [-0.25, -0.2) is 27.2 Å². The summed E-state index contributed by atoms with van der Waals surface area (Å²) < 4.78 is 58.6. The lowest BCUT2D eigenvalue weighted by Gasteiger charge is -2.31. The molecule has 0 radical (unpaired) electrons. The smallest absolute Gasteiger partial charge is 0.245 e. The van der Waals surface area contributed by atoms with E-state index in [1.165, 1.54) is 10.6 Å². The first kappa shape index (κ1) is 16.7. The molecular formula is C15H15F2N3O3S. The van der Waals surface area contributed by atoms with Gasteiger partial charge in [0.2, 0.25) is 15.9 Å². The Kier molecular flexibility index (Phi) is 4.72. The Morgan fingerprint density at radius 1 is 1.17 bits per heavy atom. The fraction of sp³-hybridized carbons (Fsp3) is 0.333. The van der Waals surface area contributed by atoms with E-state index in [9.17, 15) is 17.2 Å². The van der Waals surface area contributed by atoms with Crippen LogP contribution in [0.15, 0.2) is 41.7 Å². The van der Waals surface area contributed by atoms with Gasteiger partial charge in [-0.1, -0.05) is 0 Å². The number of rotatable bonds is 4. The predicted molar refractivity (Wildman–Crippen MR) is 80.8 cm³/mol. The van der Waals surface area contributed by atoms with E-state index in [1.54, 1.807) is 12.3 Å². The van der Waals surface area contributed by atoms with E-state index in [2.05, 4.69) is 9.97 Å². The van der Waals surface area contributed by atoms with E-state index in [0.717, 1.165) is 12.1 Å². The maximum absolute atomic E-state index is 13.8. The minimum Gasteiger partial charge on any atom is -0.474 e. The molecule has 0 aliphatic carbocycles. The van der Waals surface area contributed by atoms with Crippen LogP contribution in [0.4, 0.5) is 8.78 Å². The van der Waals surface area contributed by atoms with Crippen molar-refractivity contribution in [2.24, 2.45) is 0 Å². The van der Waals surface area contributed by atoms with Crippen LogP contribution in [0.25, 0.3) is 0 Å². The second-order valence-electron chi connectivity index (χ2n) is 5.34. The number of ether oxygens (including phenoxy) is 1. The summed E-state index contributed by atoms with van der Waals surface area (Å²) in [4.78, 5) is 7.23. The standard InChI is InChI=1S/C15H15F2N3O3S/c16-11-1-2-14(13(17)9-11)24(21,22)20-7-4-12(5-8-20)23-15-3-6-18-10-19-15/h1-3,6,9-10,12H,4-5,7-8H2. The molecule has 0 N–H and O–H groups in total. The molecule has 9 heteroatoms. The lowest BCUT2D eigenvalue weighted by Crippen LogP contribution is -2.42. The summed E-state index contributed by atoms with van der Waals surface area (Å²) in [6.45, 7) is 0.379. The highest BCUT2D eigenvalue weighted by molar-refractivity contribution is 7.89. The van der Waals surface area contributed by atoms with Crippen LogP contribution in [-0.2, 0) is 10.0 Å².